The summed E-state index contributed by atoms with van der Waals surface area (Å²) in [6.07, 6.45) is -6.36. The number of aliphatic hydroxyl groups excluding tert-OH is 2. The average Bonchev–Trinajstić information content (AvgIpc) is 3.08. The Morgan fingerprint density at radius 3 is 2.40 bits per heavy atom. The number of nitrogens with one attached hydrogen (secondary N) is 1. The fourth-order valence-electron chi connectivity index (χ4n) is 6.78. The number of hydrogen-bond donors (Lipinski definition) is 6. The fourth-order valence-corrected chi connectivity index (χ4v) is 7.66. The second kappa shape index (κ2) is 13.4. The van der Waals surface area contributed by atoms with Crippen LogP contribution >= 0.6 is 0 Å². The van der Waals surface area contributed by atoms with Crippen molar-refractivity contribution in [2.45, 2.75) is 62.4 Å². The minimum absolute atomic E-state index is 0.0525. The number of fused-ring (bicyclic) bond motifs is 3. The maximum atomic E-state index is 13.9. The van der Waals surface area contributed by atoms with Gasteiger partial charge in [0, 0.05) is 42.0 Å². The summed E-state index contributed by atoms with van der Waals surface area (Å²) in [5, 5.41) is 58.0. The van der Waals surface area contributed by atoms with E-state index >= 15 is 0 Å². The van der Waals surface area contributed by atoms with Crippen LogP contribution in [0.25, 0.3) is 0 Å². The number of hydrogen-bond acceptors (Lipinski definition) is 15. The summed E-state index contributed by atoms with van der Waals surface area (Å²) in [5.41, 5.74) is -4.14. The first-order valence-electron chi connectivity index (χ1n) is 15.6. The number of Topliss-reactive ketones (excluding diaryl/α,β-unsaturated/α-hetero) is 1. The monoisotopic (exact) mass is 713 g/mol. The zero-order chi connectivity index (χ0) is 36.1. The van der Waals surface area contributed by atoms with Crippen LogP contribution in [0.3, 0.4) is 0 Å². The second-order valence-electron chi connectivity index (χ2n) is 12.4. The van der Waals surface area contributed by atoms with Crippen molar-refractivity contribution in [3.63, 3.8) is 0 Å². The van der Waals surface area contributed by atoms with E-state index in [-0.39, 0.29) is 40.2 Å². The van der Waals surface area contributed by atoms with Crippen LogP contribution in [0.4, 0.5) is 0 Å². The SMILES string of the molecule is COc1cccc2c1C(=O)c1c(O)c3c(c(O)c1C2=O)C[C@@](O)(C(=O)CO)C[C@@H]3OC1CC(NCS(=O)(=O)Oc2ccccc2)C(O)C(C)O1. The van der Waals surface area contributed by atoms with E-state index < -0.39 is 112 Å². The lowest BCUT2D eigenvalue weighted by Crippen LogP contribution is -2.55. The van der Waals surface area contributed by atoms with E-state index in [4.69, 9.17) is 18.4 Å². The highest BCUT2D eigenvalue weighted by atomic mass is 32.2. The van der Waals surface area contributed by atoms with Gasteiger partial charge in [0.1, 0.15) is 41.1 Å². The fraction of sp³-hybridized carbons (Fsp3) is 0.382. The molecule has 3 aromatic rings. The van der Waals surface area contributed by atoms with Crippen molar-refractivity contribution < 1.29 is 66.7 Å². The highest BCUT2D eigenvalue weighted by molar-refractivity contribution is 7.87. The minimum Gasteiger partial charge on any atom is -0.507 e. The molecule has 0 bridgehead atoms. The van der Waals surface area contributed by atoms with Gasteiger partial charge in [0.05, 0.1) is 42.1 Å². The van der Waals surface area contributed by atoms with Crippen LogP contribution in [0.2, 0.25) is 0 Å². The number of aromatic hydroxyl groups is 2. The van der Waals surface area contributed by atoms with E-state index in [1.165, 1.54) is 44.4 Å². The van der Waals surface area contributed by atoms with Crippen molar-refractivity contribution in [1.29, 1.82) is 0 Å². The van der Waals surface area contributed by atoms with Gasteiger partial charge >= 0.3 is 10.1 Å². The van der Waals surface area contributed by atoms with Crippen molar-refractivity contribution in [3.05, 3.63) is 81.9 Å². The Bertz CT molecular complexity index is 1970. The second-order valence-corrected chi connectivity index (χ2v) is 14.0. The van der Waals surface area contributed by atoms with Crippen LogP contribution in [0.1, 0.15) is 68.8 Å². The maximum absolute atomic E-state index is 13.9. The smallest absolute Gasteiger partial charge is 0.322 e. The van der Waals surface area contributed by atoms with Crippen LogP contribution in [0, 0.1) is 0 Å². The molecule has 6 N–H and O–H groups in total. The molecule has 0 spiro atoms. The van der Waals surface area contributed by atoms with Crippen molar-refractivity contribution in [1.82, 2.24) is 5.32 Å². The molecule has 3 aromatic carbocycles. The predicted octanol–water partition coefficient (Wildman–Crippen LogP) is 0.998. The van der Waals surface area contributed by atoms with Gasteiger partial charge in [0.15, 0.2) is 17.9 Å². The van der Waals surface area contributed by atoms with Crippen LogP contribution in [0.5, 0.6) is 23.0 Å². The third-order valence-corrected chi connectivity index (χ3v) is 10.2. The van der Waals surface area contributed by atoms with Crippen molar-refractivity contribution in [3.8, 4) is 23.0 Å². The molecule has 15 nitrogen and oxygen atoms in total. The number of rotatable bonds is 10. The van der Waals surface area contributed by atoms with Gasteiger partial charge in [-0.1, -0.05) is 30.3 Å². The molecule has 1 saturated heterocycles. The molecular weight excluding hydrogens is 678 g/mol. The van der Waals surface area contributed by atoms with Crippen molar-refractivity contribution in [2.24, 2.45) is 0 Å². The molecule has 1 aliphatic heterocycles. The molecule has 0 amide bonds. The lowest BCUT2D eigenvalue weighted by Gasteiger charge is -2.43. The van der Waals surface area contributed by atoms with Crippen molar-refractivity contribution >= 4 is 27.5 Å². The number of para-hydroxylation sites is 1. The van der Waals surface area contributed by atoms with Crippen LogP contribution < -0.4 is 14.2 Å². The summed E-state index contributed by atoms with van der Waals surface area (Å²) in [7, 11) is -2.87. The van der Waals surface area contributed by atoms with Gasteiger partial charge in [0.2, 0.25) is 5.78 Å². The molecule has 50 heavy (non-hydrogen) atoms. The molecule has 6 rings (SSSR count). The van der Waals surface area contributed by atoms with E-state index in [0.717, 1.165) is 0 Å². The molecule has 0 radical (unpaired) electrons. The standard InChI is InChI=1S/C34H35NO14S/c1-16-29(38)20(35-15-50(44,45)49-17-7-4-3-5-8-17)11-24(47-16)48-22-13-34(43,23(37)14-36)12-19-26(22)33(42)28-27(31(19)40)30(39)18-9-6-10-21(46-2)25(18)32(28)41/h3-10,16,20,22,24,29,35-36,38,40,42-43H,11-15H2,1-2H3/t16?,20?,22-,24?,29?,34-/m0/s1. The number of ether oxygens (including phenoxy) is 3. The van der Waals surface area contributed by atoms with Gasteiger partial charge in [0.25, 0.3) is 0 Å². The van der Waals surface area contributed by atoms with E-state index in [1.54, 1.807) is 18.2 Å². The molecule has 266 valence electrons. The van der Waals surface area contributed by atoms with Gasteiger partial charge in [-0.2, -0.15) is 8.42 Å². The minimum atomic E-state index is -4.17. The lowest BCUT2D eigenvalue weighted by molar-refractivity contribution is -0.249. The highest BCUT2D eigenvalue weighted by Crippen LogP contribution is 2.52. The Hall–Kier alpha value is -4.42. The zero-order valence-corrected chi connectivity index (χ0v) is 27.7. The Labute approximate surface area is 286 Å². The van der Waals surface area contributed by atoms with Crippen molar-refractivity contribution in [2.75, 3.05) is 19.6 Å². The molecule has 2 aliphatic carbocycles. The average molecular weight is 714 g/mol. The first-order chi connectivity index (χ1) is 23.7. The molecule has 3 aliphatic rings. The molecule has 0 aromatic heterocycles. The summed E-state index contributed by atoms with van der Waals surface area (Å²) in [4.78, 5) is 40.4. The van der Waals surface area contributed by atoms with Gasteiger partial charge in [-0.25, -0.2) is 0 Å². The predicted molar refractivity (Wildman–Crippen MR) is 172 cm³/mol. The zero-order valence-electron chi connectivity index (χ0n) is 26.9. The van der Waals surface area contributed by atoms with Gasteiger partial charge in [-0.05, 0) is 25.1 Å². The molecule has 16 heteroatoms. The van der Waals surface area contributed by atoms with Gasteiger partial charge < -0.3 is 43.9 Å². The highest BCUT2D eigenvalue weighted by Gasteiger charge is 2.50. The summed E-state index contributed by atoms with van der Waals surface area (Å²) in [6, 6.07) is 11.1. The molecule has 1 heterocycles. The number of ketones is 3. The topological polar surface area (TPSA) is 235 Å². The lowest BCUT2D eigenvalue weighted by atomic mass is 9.72. The van der Waals surface area contributed by atoms with E-state index in [9.17, 15) is 48.3 Å². The number of benzene rings is 3. The summed E-state index contributed by atoms with van der Waals surface area (Å²) >= 11 is 0. The number of methoxy groups -OCH3 is 1. The quantitative estimate of drug-likeness (QED) is 0.0994. The Morgan fingerprint density at radius 1 is 1.02 bits per heavy atom. The van der Waals surface area contributed by atoms with E-state index in [0.29, 0.717) is 0 Å². The molecular formula is C34H35NO14S. The number of phenolic OH excluding ortho intramolecular Hbond substituents is 2. The van der Waals surface area contributed by atoms with Crippen LogP contribution in [0.15, 0.2) is 48.5 Å². The van der Waals surface area contributed by atoms with Crippen LogP contribution in [-0.4, -0.2) is 101 Å². The Morgan fingerprint density at radius 2 is 1.72 bits per heavy atom. The number of carbonyl (C=O) groups is 3. The normalized spacial score (nSPS) is 26.1. The number of aliphatic hydroxyl groups is 3. The first-order valence-corrected chi connectivity index (χ1v) is 17.2. The Kier molecular flexibility index (Phi) is 9.47. The van der Waals surface area contributed by atoms with E-state index in [1.807, 2.05) is 0 Å². The third-order valence-electron chi connectivity index (χ3n) is 9.25. The summed E-state index contributed by atoms with van der Waals surface area (Å²) in [6.45, 7) is 0.411. The summed E-state index contributed by atoms with van der Waals surface area (Å²) in [5.74, 6) is -4.77. The molecule has 1 fully saturated rings. The molecule has 6 atom stereocenters. The number of carbonyl (C=O) groups excluding carboxylic acids is 3. The van der Waals surface area contributed by atoms with Gasteiger partial charge in [-0.15, -0.1) is 0 Å². The van der Waals surface area contributed by atoms with Crippen LogP contribution in [-0.2, 0) is 30.8 Å². The molecule has 0 saturated carbocycles. The number of phenols is 2. The Balaban J connectivity index is 1.34. The first kappa shape index (κ1) is 35.4. The third kappa shape index (κ3) is 6.23. The van der Waals surface area contributed by atoms with Gasteiger partial charge in [-0.3, -0.25) is 19.7 Å². The maximum Gasteiger partial charge on any atom is 0.322 e. The molecule has 4 unspecified atom stereocenters. The largest absolute Gasteiger partial charge is 0.507 e. The van der Waals surface area contributed by atoms with E-state index in [2.05, 4.69) is 5.32 Å². The summed E-state index contributed by atoms with van der Waals surface area (Å²) < 4.78 is 47.7.